The SMILES string of the molecule is CC(C)=CCc1cc2ccc(O)cc2oc1=O. The van der Waals surface area contributed by atoms with E-state index < -0.39 is 0 Å². The largest absolute Gasteiger partial charge is 0.508 e. The molecule has 1 heterocycles. The number of fused-ring (bicyclic) bond motifs is 1. The Morgan fingerprint density at radius 2 is 2.12 bits per heavy atom. The summed E-state index contributed by atoms with van der Waals surface area (Å²) in [6.07, 6.45) is 2.56. The van der Waals surface area contributed by atoms with E-state index in [0.29, 0.717) is 17.6 Å². The average Bonchev–Trinajstić information content (AvgIpc) is 2.26. The molecule has 0 unspecified atom stereocenters. The molecule has 0 saturated carbocycles. The van der Waals surface area contributed by atoms with Crippen molar-refractivity contribution in [3.8, 4) is 5.75 Å². The van der Waals surface area contributed by atoms with Gasteiger partial charge in [-0.2, -0.15) is 0 Å². The summed E-state index contributed by atoms with van der Waals surface area (Å²) in [5.74, 6) is 0.0951. The van der Waals surface area contributed by atoms with E-state index in [2.05, 4.69) is 0 Å². The zero-order chi connectivity index (χ0) is 12.4. The fourth-order valence-corrected chi connectivity index (χ4v) is 1.60. The molecule has 0 spiro atoms. The predicted octanol–water partition coefficient (Wildman–Crippen LogP) is 3.01. The number of hydrogen-bond donors (Lipinski definition) is 1. The van der Waals surface area contributed by atoms with Crippen LogP contribution in [0.15, 0.2) is 45.1 Å². The lowest BCUT2D eigenvalue weighted by Gasteiger charge is -2.00. The second-order valence-corrected chi connectivity index (χ2v) is 4.27. The molecule has 3 nitrogen and oxygen atoms in total. The first-order valence-electron chi connectivity index (χ1n) is 5.45. The van der Waals surface area contributed by atoms with Crippen LogP contribution in [-0.4, -0.2) is 5.11 Å². The Bertz CT molecular complexity index is 631. The summed E-state index contributed by atoms with van der Waals surface area (Å²) in [5.41, 5.74) is 1.86. The second kappa shape index (κ2) is 4.45. The van der Waals surface area contributed by atoms with Gasteiger partial charge in [-0.25, -0.2) is 4.79 Å². The van der Waals surface area contributed by atoms with Crippen LogP contribution in [0.4, 0.5) is 0 Å². The van der Waals surface area contributed by atoms with E-state index in [1.54, 1.807) is 18.2 Å². The van der Waals surface area contributed by atoms with Crippen molar-refractivity contribution in [2.45, 2.75) is 20.3 Å². The number of allylic oxidation sites excluding steroid dienone is 2. The molecule has 0 atom stereocenters. The van der Waals surface area contributed by atoms with E-state index in [1.165, 1.54) is 6.07 Å². The van der Waals surface area contributed by atoms with Gasteiger partial charge in [0, 0.05) is 17.0 Å². The second-order valence-electron chi connectivity index (χ2n) is 4.27. The minimum absolute atomic E-state index is 0.0951. The van der Waals surface area contributed by atoms with Crippen LogP contribution in [0.5, 0.6) is 5.75 Å². The van der Waals surface area contributed by atoms with E-state index >= 15 is 0 Å². The molecule has 0 saturated heterocycles. The fourth-order valence-electron chi connectivity index (χ4n) is 1.60. The molecular weight excluding hydrogens is 216 g/mol. The van der Waals surface area contributed by atoms with Crippen molar-refractivity contribution >= 4 is 11.0 Å². The standard InChI is InChI=1S/C14H14O3/c1-9(2)3-4-11-7-10-5-6-12(15)8-13(10)17-14(11)16/h3,5-8,15H,4H2,1-2H3. The third kappa shape index (κ3) is 2.56. The zero-order valence-corrected chi connectivity index (χ0v) is 9.86. The molecule has 0 aliphatic heterocycles. The maximum absolute atomic E-state index is 11.7. The van der Waals surface area contributed by atoms with Crippen molar-refractivity contribution in [2.24, 2.45) is 0 Å². The van der Waals surface area contributed by atoms with Gasteiger partial charge in [-0.3, -0.25) is 0 Å². The summed E-state index contributed by atoms with van der Waals surface area (Å²) in [5, 5.41) is 10.1. The molecule has 1 aromatic carbocycles. The monoisotopic (exact) mass is 230 g/mol. The number of aromatic hydroxyl groups is 1. The van der Waals surface area contributed by atoms with Crippen LogP contribution in [0, 0.1) is 0 Å². The molecule has 0 aliphatic carbocycles. The smallest absolute Gasteiger partial charge is 0.339 e. The van der Waals surface area contributed by atoms with E-state index in [-0.39, 0.29) is 11.4 Å². The van der Waals surface area contributed by atoms with Gasteiger partial charge in [0.05, 0.1) is 0 Å². The maximum atomic E-state index is 11.7. The van der Waals surface area contributed by atoms with Gasteiger partial charge in [0.15, 0.2) is 0 Å². The van der Waals surface area contributed by atoms with E-state index in [9.17, 15) is 9.90 Å². The summed E-state index contributed by atoms with van der Waals surface area (Å²) < 4.78 is 5.16. The Morgan fingerprint density at radius 3 is 2.82 bits per heavy atom. The minimum atomic E-state index is -0.347. The van der Waals surface area contributed by atoms with Gasteiger partial charge in [-0.1, -0.05) is 11.6 Å². The summed E-state index contributed by atoms with van der Waals surface area (Å²) in [4.78, 5) is 11.7. The van der Waals surface area contributed by atoms with Gasteiger partial charge in [0.1, 0.15) is 11.3 Å². The maximum Gasteiger partial charge on any atom is 0.339 e. The Kier molecular flexibility index (Phi) is 3.00. The van der Waals surface area contributed by atoms with Gasteiger partial charge in [-0.05, 0) is 38.5 Å². The Hall–Kier alpha value is -2.03. The third-order valence-electron chi connectivity index (χ3n) is 2.52. The number of phenolic OH excluding ortho intramolecular Hbond substituents is 1. The lowest BCUT2D eigenvalue weighted by Crippen LogP contribution is -2.06. The van der Waals surface area contributed by atoms with Crippen LogP contribution >= 0.6 is 0 Å². The van der Waals surface area contributed by atoms with Gasteiger partial charge in [0.25, 0.3) is 0 Å². The van der Waals surface area contributed by atoms with Crippen LogP contribution in [0.25, 0.3) is 11.0 Å². The van der Waals surface area contributed by atoms with Crippen molar-refractivity contribution in [3.05, 3.63) is 51.9 Å². The Morgan fingerprint density at radius 1 is 1.35 bits per heavy atom. The molecule has 3 heteroatoms. The molecule has 0 aliphatic rings. The van der Waals surface area contributed by atoms with Gasteiger partial charge in [-0.15, -0.1) is 0 Å². The molecule has 0 fully saturated rings. The molecule has 1 aromatic heterocycles. The highest BCUT2D eigenvalue weighted by atomic mass is 16.4. The molecule has 0 amide bonds. The van der Waals surface area contributed by atoms with Crippen LogP contribution in [-0.2, 0) is 6.42 Å². The number of hydrogen-bond acceptors (Lipinski definition) is 3. The number of rotatable bonds is 2. The normalized spacial score (nSPS) is 10.5. The molecule has 0 bridgehead atoms. The molecule has 17 heavy (non-hydrogen) atoms. The molecule has 2 aromatic rings. The number of phenols is 1. The molecular formula is C14H14O3. The van der Waals surface area contributed by atoms with E-state index in [0.717, 1.165) is 11.0 Å². The summed E-state index contributed by atoms with van der Waals surface area (Å²) in [6.45, 7) is 3.97. The first kappa shape index (κ1) is 11.5. The van der Waals surface area contributed by atoms with E-state index in [1.807, 2.05) is 19.9 Å². The van der Waals surface area contributed by atoms with Gasteiger partial charge >= 0.3 is 5.63 Å². The van der Waals surface area contributed by atoms with Gasteiger partial charge in [0.2, 0.25) is 0 Å². The Labute approximate surface area is 99.0 Å². The minimum Gasteiger partial charge on any atom is -0.508 e. The highest BCUT2D eigenvalue weighted by Gasteiger charge is 2.04. The fraction of sp³-hybridized carbons (Fsp3) is 0.214. The van der Waals surface area contributed by atoms with Crippen molar-refractivity contribution < 1.29 is 9.52 Å². The molecule has 0 radical (unpaired) electrons. The average molecular weight is 230 g/mol. The van der Waals surface area contributed by atoms with Crippen molar-refractivity contribution in [1.29, 1.82) is 0 Å². The van der Waals surface area contributed by atoms with Crippen LogP contribution in [0.3, 0.4) is 0 Å². The zero-order valence-electron chi connectivity index (χ0n) is 9.86. The van der Waals surface area contributed by atoms with Crippen LogP contribution in [0.1, 0.15) is 19.4 Å². The topological polar surface area (TPSA) is 50.4 Å². The van der Waals surface area contributed by atoms with Crippen molar-refractivity contribution in [1.82, 2.24) is 0 Å². The quantitative estimate of drug-likeness (QED) is 0.637. The highest BCUT2D eigenvalue weighted by molar-refractivity contribution is 5.78. The first-order chi connectivity index (χ1) is 8.06. The lowest BCUT2D eigenvalue weighted by molar-refractivity contribution is 0.473. The first-order valence-corrected chi connectivity index (χ1v) is 5.45. The van der Waals surface area contributed by atoms with Crippen LogP contribution in [0.2, 0.25) is 0 Å². The molecule has 1 N–H and O–H groups in total. The van der Waals surface area contributed by atoms with E-state index in [4.69, 9.17) is 4.42 Å². The van der Waals surface area contributed by atoms with Crippen LogP contribution < -0.4 is 5.63 Å². The third-order valence-corrected chi connectivity index (χ3v) is 2.52. The highest BCUT2D eigenvalue weighted by Crippen LogP contribution is 2.19. The lowest BCUT2D eigenvalue weighted by atomic mass is 10.1. The summed E-state index contributed by atoms with van der Waals surface area (Å²) in [6, 6.07) is 6.56. The van der Waals surface area contributed by atoms with Crippen molar-refractivity contribution in [2.75, 3.05) is 0 Å². The molecule has 88 valence electrons. The summed E-state index contributed by atoms with van der Waals surface area (Å²) in [7, 11) is 0. The molecule has 2 rings (SSSR count). The summed E-state index contributed by atoms with van der Waals surface area (Å²) >= 11 is 0. The van der Waals surface area contributed by atoms with Crippen molar-refractivity contribution in [3.63, 3.8) is 0 Å². The Balaban J connectivity index is 2.52. The number of benzene rings is 1. The van der Waals surface area contributed by atoms with Gasteiger partial charge < -0.3 is 9.52 Å². The predicted molar refractivity (Wildman–Crippen MR) is 67.3 cm³/mol.